The lowest BCUT2D eigenvalue weighted by molar-refractivity contribution is -0.192. The van der Waals surface area contributed by atoms with Crippen molar-refractivity contribution in [3.05, 3.63) is 22.4 Å². The monoisotopic (exact) mass is 267 g/mol. The van der Waals surface area contributed by atoms with Gasteiger partial charge in [-0.2, -0.15) is 11.3 Å². The average molecular weight is 267 g/mol. The SMILES string of the molecule is CC1(C2CCCN(Cc3ccsc3)C2)OCCO1. The van der Waals surface area contributed by atoms with Crippen molar-refractivity contribution >= 4 is 11.3 Å². The van der Waals surface area contributed by atoms with Gasteiger partial charge in [-0.05, 0) is 48.7 Å². The summed E-state index contributed by atoms with van der Waals surface area (Å²) in [5.41, 5.74) is 1.43. The Labute approximate surface area is 113 Å². The van der Waals surface area contributed by atoms with Gasteiger partial charge in [0.25, 0.3) is 0 Å². The number of thiophene rings is 1. The molecule has 1 atom stereocenters. The largest absolute Gasteiger partial charge is 0.347 e. The molecule has 0 spiro atoms. The molecule has 0 amide bonds. The maximum absolute atomic E-state index is 5.82. The Morgan fingerprint density at radius 1 is 1.44 bits per heavy atom. The number of rotatable bonds is 3. The molecule has 2 saturated heterocycles. The zero-order chi connectivity index (χ0) is 12.4. The molecule has 0 saturated carbocycles. The minimum atomic E-state index is -0.340. The van der Waals surface area contributed by atoms with Crippen molar-refractivity contribution in [2.75, 3.05) is 26.3 Å². The van der Waals surface area contributed by atoms with Crippen molar-refractivity contribution in [2.45, 2.75) is 32.1 Å². The molecule has 3 nitrogen and oxygen atoms in total. The highest BCUT2D eigenvalue weighted by molar-refractivity contribution is 7.07. The summed E-state index contributed by atoms with van der Waals surface area (Å²) >= 11 is 1.78. The Kier molecular flexibility index (Phi) is 3.71. The molecule has 1 aromatic rings. The van der Waals surface area contributed by atoms with Crippen LogP contribution in [0.5, 0.6) is 0 Å². The van der Waals surface area contributed by atoms with Crippen molar-refractivity contribution in [3.8, 4) is 0 Å². The van der Waals surface area contributed by atoms with Gasteiger partial charge in [0.1, 0.15) is 0 Å². The first-order chi connectivity index (χ1) is 8.76. The van der Waals surface area contributed by atoms with E-state index in [1.807, 2.05) is 0 Å². The normalized spacial score (nSPS) is 28.6. The van der Waals surface area contributed by atoms with Crippen LogP contribution < -0.4 is 0 Å². The van der Waals surface area contributed by atoms with Crippen LogP contribution in [-0.4, -0.2) is 37.0 Å². The van der Waals surface area contributed by atoms with E-state index in [4.69, 9.17) is 9.47 Å². The topological polar surface area (TPSA) is 21.7 Å². The van der Waals surface area contributed by atoms with Gasteiger partial charge < -0.3 is 9.47 Å². The van der Waals surface area contributed by atoms with Gasteiger partial charge >= 0.3 is 0 Å². The molecule has 0 N–H and O–H groups in total. The van der Waals surface area contributed by atoms with E-state index in [0.717, 1.165) is 26.3 Å². The average Bonchev–Trinajstić information content (AvgIpc) is 3.02. The predicted octanol–water partition coefficient (Wildman–Crippen LogP) is 2.72. The molecule has 1 unspecified atom stereocenters. The molecule has 3 rings (SSSR count). The molecule has 0 aliphatic carbocycles. The summed E-state index contributed by atoms with van der Waals surface area (Å²) in [5.74, 6) is 0.167. The number of likely N-dealkylation sites (tertiary alicyclic amines) is 1. The number of ether oxygens (including phenoxy) is 2. The maximum Gasteiger partial charge on any atom is 0.169 e. The van der Waals surface area contributed by atoms with E-state index in [1.54, 1.807) is 11.3 Å². The minimum absolute atomic E-state index is 0.340. The van der Waals surface area contributed by atoms with Crippen LogP contribution in [0.2, 0.25) is 0 Å². The highest BCUT2D eigenvalue weighted by Gasteiger charge is 2.41. The third-order valence-electron chi connectivity index (χ3n) is 4.09. The summed E-state index contributed by atoms with van der Waals surface area (Å²) in [6.07, 6.45) is 2.47. The smallest absolute Gasteiger partial charge is 0.169 e. The number of piperidine rings is 1. The Morgan fingerprint density at radius 2 is 2.28 bits per heavy atom. The molecule has 18 heavy (non-hydrogen) atoms. The van der Waals surface area contributed by atoms with E-state index < -0.39 is 0 Å². The summed E-state index contributed by atoms with van der Waals surface area (Å²) in [7, 11) is 0. The van der Waals surface area contributed by atoms with Crippen molar-refractivity contribution in [1.82, 2.24) is 4.90 Å². The second-order valence-electron chi connectivity index (χ2n) is 5.42. The zero-order valence-corrected chi connectivity index (χ0v) is 11.7. The molecule has 0 radical (unpaired) electrons. The Hall–Kier alpha value is -0.420. The van der Waals surface area contributed by atoms with E-state index in [2.05, 4.69) is 28.7 Å². The minimum Gasteiger partial charge on any atom is -0.347 e. The van der Waals surface area contributed by atoms with Crippen molar-refractivity contribution in [3.63, 3.8) is 0 Å². The molecular weight excluding hydrogens is 246 g/mol. The van der Waals surface area contributed by atoms with Crippen LogP contribution in [0.3, 0.4) is 0 Å². The molecule has 3 heterocycles. The second kappa shape index (κ2) is 5.29. The van der Waals surface area contributed by atoms with Crippen LogP contribution in [0.4, 0.5) is 0 Å². The number of hydrogen-bond acceptors (Lipinski definition) is 4. The molecule has 2 aliphatic rings. The van der Waals surface area contributed by atoms with Gasteiger partial charge in [-0.25, -0.2) is 0 Å². The Balaban J connectivity index is 1.61. The summed E-state index contributed by atoms with van der Waals surface area (Å²) in [6, 6.07) is 2.22. The van der Waals surface area contributed by atoms with Crippen LogP contribution in [0.1, 0.15) is 25.3 Å². The highest BCUT2D eigenvalue weighted by Crippen LogP contribution is 2.34. The molecule has 4 heteroatoms. The number of hydrogen-bond donors (Lipinski definition) is 0. The lowest BCUT2D eigenvalue weighted by atomic mass is 9.90. The lowest BCUT2D eigenvalue weighted by Crippen LogP contribution is -2.46. The van der Waals surface area contributed by atoms with Crippen LogP contribution in [0, 0.1) is 5.92 Å². The van der Waals surface area contributed by atoms with Gasteiger partial charge in [0.05, 0.1) is 13.2 Å². The summed E-state index contributed by atoms with van der Waals surface area (Å²) in [6.45, 7) is 6.96. The second-order valence-corrected chi connectivity index (χ2v) is 6.20. The van der Waals surface area contributed by atoms with Crippen molar-refractivity contribution < 1.29 is 9.47 Å². The van der Waals surface area contributed by atoms with Gasteiger partial charge in [0.15, 0.2) is 5.79 Å². The Bertz CT molecular complexity index is 373. The first-order valence-corrected chi connectivity index (χ1v) is 7.72. The predicted molar refractivity (Wildman–Crippen MR) is 72.6 cm³/mol. The fraction of sp³-hybridized carbons (Fsp3) is 0.714. The van der Waals surface area contributed by atoms with E-state index >= 15 is 0 Å². The standard InChI is InChI=1S/C14H21NO2S/c1-14(16-6-7-17-14)13-3-2-5-15(10-13)9-12-4-8-18-11-12/h4,8,11,13H,2-3,5-7,9-10H2,1H3. The van der Waals surface area contributed by atoms with Crippen LogP contribution >= 0.6 is 11.3 Å². The van der Waals surface area contributed by atoms with Crippen LogP contribution in [-0.2, 0) is 16.0 Å². The molecule has 0 bridgehead atoms. The third kappa shape index (κ3) is 2.62. The van der Waals surface area contributed by atoms with Crippen LogP contribution in [0.15, 0.2) is 16.8 Å². The van der Waals surface area contributed by atoms with Gasteiger partial charge in [0, 0.05) is 19.0 Å². The summed E-state index contributed by atoms with van der Waals surface area (Å²) < 4.78 is 11.6. The molecule has 2 fully saturated rings. The molecule has 100 valence electrons. The molecular formula is C14H21NO2S. The summed E-state index contributed by atoms with van der Waals surface area (Å²) in [4.78, 5) is 2.53. The first kappa shape index (κ1) is 12.6. The van der Waals surface area contributed by atoms with E-state index in [9.17, 15) is 0 Å². The van der Waals surface area contributed by atoms with Gasteiger partial charge in [-0.3, -0.25) is 4.90 Å². The molecule has 2 aliphatic heterocycles. The molecule has 1 aromatic heterocycles. The zero-order valence-electron chi connectivity index (χ0n) is 10.9. The number of nitrogens with zero attached hydrogens (tertiary/aromatic N) is 1. The van der Waals surface area contributed by atoms with Crippen LogP contribution in [0.25, 0.3) is 0 Å². The van der Waals surface area contributed by atoms with Crippen molar-refractivity contribution in [1.29, 1.82) is 0 Å². The van der Waals surface area contributed by atoms with Crippen molar-refractivity contribution in [2.24, 2.45) is 5.92 Å². The summed E-state index contributed by atoms with van der Waals surface area (Å²) in [5, 5.41) is 4.40. The fourth-order valence-electron chi connectivity index (χ4n) is 3.03. The fourth-order valence-corrected chi connectivity index (χ4v) is 3.69. The van der Waals surface area contributed by atoms with Gasteiger partial charge in [-0.15, -0.1) is 0 Å². The Morgan fingerprint density at radius 3 is 3.00 bits per heavy atom. The maximum atomic E-state index is 5.82. The highest BCUT2D eigenvalue weighted by atomic mass is 32.1. The van der Waals surface area contributed by atoms with Gasteiger partial charge in [0.2, 0.25) is 0 Å². The van der Waals surface area contributed by atoms with E-state index in [-0.39, 0.29) is 5.79 Å². The lowest BCUT2D eigenvalue weighted by Gasteiger charge is -2.39. The quantitative estimate of drug-likeness (QED) is 0.840. The van der Waals surface area contributed by atoms with Gasteiger partial charge in [-0.1, -0.05) is 0 Å². The molecule has 0 aromatic carbocycles. The first-order valence-electron chi connectivity index (χ1n) is 6.78. The van der Waals surface area contributed by atoms with E-state index in [0.29, 0.717) is 5.92 Å². The third-order valence-corrected chi connectivity index (χ3v) is 4.83. The van der Waals surface area contributed by atoms with E-state index in [1.165, 1.54) is 24.9 Å².